The van der Waals surface area contributed by atoms with Crippen LogP contribution in [0.4, 0.5) is 13.2 Å². The molecule has 158 valence electrons. The molecule has 0 atom stereocenters. The van der Waals surface area contributed by atoms with Crippen LogP contribution in [-0.4, -0.2) is 6.61 Å². The highest BCUT2D eigenvalue weighted by atomic mass is 19.2. The second-order valence-electron chi connectivity index (χ2n) is 6.48. The number of hydrogen-bond acceptors (Lipinski definition) is 2. The second-order valence-corrected chi connectivity index (χ2v) is 6.48. The van der Waals surface area contributed by atoms with Crippen LogP contribution in [-0.2, 0) is 6.42 Å². The van der Waals surface area contributed by atoms with Gasteiger partial charge in [0.05, 0.1) is 6.61 Å². The van der Waals surface area contributed by atoms with Crippen LogP contribution in [0.1, 0.15) is 25.8 Å². The number of hydrogen-bond donors (Lipinski definition) is 0. The first-order chi connectivity index (χ1) is 14.4. The van der Waals surface area contributed by atoms with Crippen molar-refractivity contribution < 1.29 is 22.6 Å². The Morgan fingerprint density at radius 1 is 1.10 bits per heavy atom. The Morgan fingerprint density at radius 3 is 2.30 bits per heavy atom. The summed E-state index contributed by atoms with van der Waals surface area (Å²) < 4.78 is 54.7. The van der Waals surface area contributed by atoms with Crippen LogP contribution >= 0.6 is 0 Å². The molecule has 0 saturated carbocycles. The lowest BCUT2D eigenvalue weighted by atomic mass is 9.94. The minimum atomic E-state index is -1.15. The summed E-state index contributed by atoms with van der Waals surface area (Å²) in [6.07, 6.45) is 0.517. The fourth-order valence-electron chi connectivity index (χ4n) is 3.01. The predicted molar refractivity (Wildman–Crippen MR) is 115 cm³/mol. The largest absolute Gasteiger partial charge is 0.494 e. The molecule has 0 N–H and O–H groups in total. The maximum atomic E-state index is 14.8. The smallest absolute Gasteiger partial charge is 0.202 e. The van der Waals surface area contributed by atoms with E-state index in [-0.39, 0.29) is 29.1 Å². The molecule has 0 aromatic heterocycles. The van der Waals surface area contributed by atoms with E-state index in [2.05, 4.69) is 26.3 Å². The summed E-state index contributed by atoms with van der Waals surface area (Å²) in [5.74, 6) is -2.75. The van der Waals surface area contributed by atoms with Gasteiger partial charge in [0.2, 0.25) is 5.82 Å². The molecule has 2 aromatic rings. The van der Waals surface area contributed by atoms with E-state index in [1.54, 1.807) is 31.2 Å². The molecule has 0 fully saturated rings. The Labute approximate surface area is 175 Å². The van der Waals surface area contributed by atoms with Gasteiger partial charge in [0, 0.05) is 17.5 Å². The zero-order chi connectivity index (χ0) is 22.4. The van der Waals surface area contributed by atoms with Crippen LogP contribution in [0.15, 0.2) is 79.4 Å². The van der Waals surface area contributed by atoms with Gasteiger partial charge in [0.25, 0.3) is 0 Å². The molecular formula is C25H25F3O2. The molecule has 0 unspecified atom stereocenters. The molecule has 0 aliphatic carbocycles. The van der Waals surface area contributed by atoms with Crippen molar-refractivity contribution in [2.24, 2.45) is 0 Å². The van der Waals surface area contributed by atoms with Crippen molar-refractivity contribution in [3.63, 3.8) is 0 Å². The topological polar surface area (TPSA) is 18.5 Å². The van der Waals surface area contributed by atoms with Gasteiger partial charge in [-0.1, -0.05) is 32.2 Å². The van der Waals surface area contributed by atoms with E-state index in [0.29, 0.717) is 35.5 Å². The minimum absolute atomic E-state index is 0.0987. The molecule has 1 heterocycles. The van der Waals surface area contributed by atoms with Gasteiger partial charge in [-0.3, -0.25) is 0 Å². The van der Waals surface area contributed by atoms with E-state index in [0.717, 1.165) is 0 Å². The zero-order valence-electron chi connectivity index (χ0n) is 17.3. The molecule has 0 amide bonds. The minimum Gasteiger partial charge on any atom is -0.494 e. The van der Waals surface area contributed by atoms with E-state index < -0.39 is 17.5 Å². The lowest BCUT2D eigenvalue weighted by molar-refractivity contribution is 0.340. The number of ether oxygens (including phenoxy) is 2. The van der Waals surface area contributed by atoms with Crippen LogP contribution in [0.2, 0.25) is 0 Å². The first-order valence-corrected chi connectivity index (χ1v) is 9.55. The molecule has 0 radical (unpaired) electrons. The monoisotopic (exact) mass is 414 g/mol. The third-order valence-electron chi connectivity index (χ3n) is 4.58. The van der Waals surface area contributed by atoms with Crippen molar-refractivity contribution in [1.29, 1.82) is 0 Å². The van der Waals surface area contributed by atoms with Crippen LogP contribution < -0.4 is 9.47 Å². The van der Waals surface area contributed by atoms with Gasteiger partial charge in [0.1, 0.15) is 5.75 Å². The van der Waals surface area contributed by atoms with Gasteiger partial charge in [-0.15, -0.1) is 13.2 Å². The highest BCUT2D eigenvalue weighted by Gasteiger charge is 2.29. The Morgan fingerprint density at radius 2 is 1.73 bits per heavy atom. The summed E-state index contributed by atoms with van der Waals surface area (Å²) in [7, 11) is 0. The summed E-state index contributed by atoms with van der Waals surface area (Å²) >= 11 is 0. The van der Waals surface area contributed by atoms with E-state index >= 15 is 0 Å². The van der Waals surface area contributed by atoms with E-state index in [4.69, 9.17) is 9.47 Å². The zero-order valence-corrected chi connectivity index (χ0v) is 17.3. The van der Waals surface area contributed by atoms with Gasteiger partial charge in [-0.2, -0.15) is 4.39 Å². The number of allylic oxidation sites excluding steroid dienone is 3. The molecular weight excluding hydrogens is 389 g/mol. The van der Waals surface area contributed by atoms with Crippen LogP contribution in [0.5, 0.6) is 11.5 Å². The summed E-state index contributed by atoms with van der Waals surface area (Å²) in [6.45, 7) is 17.6. The summed E-state index contributed by atoms with van der Waals surface area (Å²) in [5, 5.41) is 0. The molecule has 1 aliphatic rings. The average molecular weight is 414 g/mol. The van der Waals surface area contributed by atoms with Gasteiger partial charge in [-0.05, 0) is 48.3 Å². The third kappa shape index (κ3) is 4.51. The highest BCUT2D eigenvalue weighted by Crippen LogP contribution is 2.41. The molecule has 5 heteroatoms. The molecule has 3 rings (SSSR count). The maximum absolute atomic E-state index is 14.8. The summed E-state index contributed by atoms with van der Waals surface area (Å²) in [5.41, 5.74) is 1.57. The van der Waals surface area contributed by atoms with Crippen molar-refractivity contribution in [2.45, 2.75) is 26.7 Å². The van der Waals surface area contributed by atoms with Crippen LogP contribution in [0, 0.1) is 11.6 Å². The molecule has 1 aliphatic heterocycles. The third-order valence-corrected chi connectivity index (χ3v) is 4.58. The fraction of sp³-hybridized carbons (Fsp3) is 0.200. The van der Waals surface area contributed by atoms with Gasteiger partial charge in [0.15, 0.2) is 23.2 Å². The molecule has 0 saturated heterocycles. The first-order valence-electron chi connectivity index (χ1n) is 9.55. The second kappa shape index (κ2) is 10.0. The lowest BCUT2D eigenvalue weighted by Crippen LogP contribution is -2.14. The Kier molecular flexibility index (Phi) is 7.70. The number of fused-ring (bicyclic) bond motifs is 1. The summed E-state index contributed by atoms with van der Waals surface area (Å²) in [4.78, 5) is 0. The van der Waals surface area contributed by atoms with Crippen LogP contribution in [0.25, 0.3) is 11.1 Å². The molecule has 2 nitrogen and oxygen atoms in total. The molecule has 0 bridgehead atoms. The fourth-order valence-corrected chi connectivity index (χ4v) is 3.01. The summed E-state index contributed by atoms with van der Waals surface area (Å²) in [6, 6.07) is 8.21. The van der Waals surface area contributed by atoms with Crippen molar-refractivity contribution in [2.75, 3.05) is 6.61 Å². The maximum Gasteiger partial charge on any atom is 0.202 e. The molecule has 0 spiro atoms. The van der Waals surface area contributed by atoms with Crippen LogP contribution in [0.3, 0.4) is 0 Å². The van der Waals surface area contributed by atoms with Crippen molar-refractivity contribution in [1.82, 2.24) is 0 Å². The lowest BCUT2D eigenvalue weighted by Gasteiger charge is -2.24. The van der Waals surface area contributed by atoms with Gasteiger partial charge < -0.3 is 9.47 Å². The normalized spacial score (nSPS) is 14.1. The Hall–Kier alpha value is -3.21. The van der Waals surface area contributed by atoms with Crippen molar-refractivity contribution in [3.05, 3.63) is 96.6 Å². The standard InChI is InChI=1S/C23H21F3O2.C2H4/c1-5-13(3)19(24)22-14(4)11-16-12-18(20(25)21(26)23(16)28-22)15-7-9-17(10-8-15)27-6-2;1-2/h7-10,12H,3-6,11H2,1-2H3;1-2H2/b22-19-;. The highest BCUT2D eigenvalue weighted by molar-refractivity contribution is 5.69. The Bertz CT molecular complexity index is 988. The molecule has 2 aromatic carbocycles. The SMILES string of the molecule is C=C.C=C(CC)/C(F)=C1/Oc2c(cc(-c3ccc(OCC)cc3)c(F)c2F)CC1=C. The number of benzene rings is 2. The average Bonchev–Trinajstić information content (AvgIpc) is 2.77. The molecule has 30 heavy (non-hydrogen) atoms. The predicted octanol–water partition coefficient (Wildman–Crippen LogP) is 7.47. The number of rotatable bonds is 5. The van der Waals surface area contributed by atoms with Crippen molar-refractivity contribution in [3.8, 4) is 22.6 Å². The van der Waals surface area contributed by atoms with E-state index in [9.17, 15) is 13.2 Å². The van der Waals surface area contributed by atoms with Gasteiger partial charge in [-0.25, -0.2) is 8.78 Å². The quantitative estimate of drug-likeness (QED) is 0.473. The van der Waals surface area contributed by atoms with E-state index in [1.807, 2.05) is 6.92 Å². The van der Waals surface area contributed by atoms with E-state index in [1.165, 1.54) is 6.07 Å². The van der Waals surface area contributed by atoms with Gasteiger partial charge >= 0.3 is 0 Å². The number of halogens is 3. The van der Waals surface area contributed by atoms with Crippen molar-refractivity contribution >= 4 is 0 Å². The first kappa shape index (κ1) is 23.1. The Balaban J connectivity index is 0.00000155.